The third-order valence-corrected chi connectivity index (χ3v) is 6.31. The number of aryl methyl sites for hydroxylation is 1. The molecule has 1 amide bonds. The van der Waals surface area contributed by atoms with Gasteiger partial charge in [-0.05, 0) is 58.9 Å². The Balaban J connectivity index is 1.84. The standard InChI is InChI=1S/C25H18Cl2IN3O5/c1-14-3-5-15(6-4-14)13-36-24-21(28)8-16(9-22(24)35-2)7-17(12-29)25(32)30-23-19(26)10-18(31(33)34)11-20(23)27/h3-11H,13H2,1-2H3,(H,30,32)/b17-7+. The van der Waals surface area contributed by atoms with Gasteiger partial charge in [-0.25, -0.2) is 0 Å². The van der Waals surface area contributed by atoms with Gasteiger partial charge in [-0.15, -0.1) is 0 Å². The minimum absolute atomic E-state index is 0.0397. The summed E-state index contributed by atoms with van der Waals surface area (Å²) >= 11 is 14.2. The summed E-state index contributed by atoms with van der Waals surface area (Å²) in [7, 11) is 1.49. The Kier molecular flexibility index (Phi) is 9.14. The molecule has 0 unspecified atom stereocenters. The van der Waals surface area contributed by atoms with E-state index in [1.165, 1.54) is 13.2 Å². The van der Waals surface area contributed by atoms with E-state index in [0.29, 0.717) is 27.2 Å². The molecule has 0 radical (unpaired) electrons. The molecular weight excluding hydrogens is 620 g/mol. The molecule has 0 heterocycles. The third-order valence-electron chi connectivity index (χ3n) is 4.91. The number of hydrogen-bond acceptors (Lipinski definition) is 6. The van der Waals surface area contributed by atoms with Crippen molar-refractivity contribution >= 4 is 69.2 Å². The van der Waals surface area contributed by atoms with Crippen LogP contribution in [0.4, 0.5) is 11.4 Å². The highest BCUT2D eigenvalue weighted by molar-refractivity contribution is 14.1. The first-order valence-corrected chi connectivity index (χ1v) is 12.1. The fourth-order valence-electron chi connectivity index (χ4n) is 3.08. The number of non-ortho nitro benzene ring substituents is 1. The molecule has 0 aliphatic rings. The van der Waals surface area contributed by atoms with E-state index >= 15 is 0 Å². The monoisotopic (exact) mass is 637 g/mol. The first kappa shape index (κ1) is 27.3. The number of nitriles is 1. The Morgan fingerprint density at radius 2 is 1.83 bits per heavy atom. The number of halogens is 3. The van der Waals surface area contributed by atoms with E-state index in [4.69, 9.17) is 32.7 Å². The number of benzene rings is 3. The molecule has 0 aromatic heterocycles. The largest absolute Gasteiger partial charge is 0.493 e. The lowest BCUT2D eigenvalue weighted by atomic mass is 10.1. The highest BCUT2D eigenvalue weighted by Crippen LogP contribution is 2.36. The minimum atomic E-state index is -0.788. The molecule has 0 saturated heterocycles. The zero-order valence-electron chi connectivity index (χ0n) is 19.0. The average Bonchev–Trinajstić information content (AvgIpc) is 2.84. The molecule has 8 nitrogen and oxygen atoms in total. The molecule has 0 aliphatic carbocycles. The van der Waals surface area contributed by atoms with Crippen LogP contribution in [0.15, 0.2) is 54.1 Å². The van der Waals surface area contributed by atoms with Crippen LogP contribution in [-0.2, 0) is 11.4 Å². The Bertz CT molecular complexity index is 1380. The summed E-state index contributed by atoms with van der Waals surface area (Å²) in [6, 6.07) is 15.3. The zero-order valence-corrected chi connectivity index (χ0v) is 22.6. The smallest absolute Gasteiger partial charge is 0.272 e. The van der Waals surface area contributed by atoms with Gasteiger partial charge in [-0.1, -0.05) is 53.0 Å². The molecule has 11 heteroatoms. The van der Waals surface area contributed by atoms with Crippen molar-refractivity contribution in [3.63, 3.8) is 0 Å². The van der Waals surface area contributed by atoms with Crippen molar-refractivity contribution in [3.8, 4) is 17.6 Å². The summed E-state index contributed by atoms with van der Waals surface area (Å²) in [5, 5.41) is 22.7. The molecule has 0 aliphatic heterocycles. The van der Waals surface area contributed by atoms with Crippen LogP contribution in [0.2, 0.25) is 10.0 Å². The fraction of sp³-hybridized carbons (Fsp3) is 0.120. The van der Waals surface area contributed by atoms with Crippen molar-refractivity contribution in [2.24, 2.45) is 0 Å². The summed E-state index contributed by atoms with van der Waals surface area (Å²) in [5.74, 6) is 0.173. The predicted molar refractivity (Wildman–Crippen MR) is 147 cm³/mol. The van der Waals surface area contributed by atoms with Crippen molar-refractivity contribution in [1.82, 2.24) is 0 Å². The maximum absolute atomic E-state index is 12.8. The summed E-state index contributed by atoms with van der Waals surface area (Å²) in [4.78, 5) is 23.0. The number of nitrogens with zero attached hydrogens (tertiary/aromatic N) is 2. The second kappa shape index (κ2) is 12.1. The van der Waals surface area contributed by atoms with Gasteiger partial charge in [0.2, 0.25) is 0 Å². The molecule has 3 aromatic carbocycles. The Labute approximate surface area is 230 Å². The van der Waals surface area contributed by atoms with E-state index in [1.54, 1.807) is 12.1 Å². The van der Waals surface area contributed by atoms with E-state index < -0.39 is 10.8 Å². The van der Waals surface area contributed by atoms with E-state index in [1.807, 2.05) is 37.3 Å². The second-order valence-electron chi connectivity index (χ2n) is 7.47. The van der Waals surface area contributed by atoms with Crippen LogP contribution in [0.25, 0.3) is 6.08 Å². The number of nitro benzene ring substituents is 1. The van der Waals surface area contributed by atoms with E-state index in [-0.39, 0.29) is 27.0 Å². The van der Waals surface area contributed by atoms with Crippen molar-refractivity contribution < 1.29 is 19.2 Å². The quantitative estimate of drug-likeness (QED) is 0.0940. The molecule has 36 heavy (non-hydrogen) atoms. The van der Waals surface area contributed by atoms with E-state index in [2.05, 4.69) is 27.9 Å². The number of nitro groups is 1. The van der Waals surface area contributed by atoms with Crippen LogP contribution >= 0.6 is 45.8 Å². The molecule has 1 N–H and O–H groups in total. The zero-order chi connectivity index (χ0) is 26.4. The van der Waals surface area contributed by atoms with Gasteiger partial charge in [-0.3, -0.25) is 14.9 Å². The maximum atomic E-state index is 12.8. The Hall–Kier alpha value is -3.33. The maximum Gasteiger partial charge on any atom is 0.272 e. The first-order chi connectivity index (χ1) is 17.1. The number of ether oxygens (including phenoxy) is 2. The van der Waals surface area contributed by atoms with E-state index in [0.717, 1.165) is 23.3 Å². The lowest BCUT2D eigenvalue weighted by molar-refractivity contribution is -0.384. The molecule has 3 rings (SSSR count). The summed E-state index contributed by atoms with van der Waals surface area (Å²) in [5.41, 5.74) is 2.05. The molecule has 184 valence electrons. The number of hydrogen-bond donors (Lipinski definition) is 1. The van der Waals surface area contributed by atoms with Crippen molar-refractivity contribution in [1.29, 1.82) is 5.26 Å². The van der Waals surface area contributed by atoms with Crippen LogP contribution in [0.3, 0.4) is 0 Å². The van der Waals surface area contributed by atoms with Crippen LogP contribution < -0.4 is 14.8 Å². The Morgan fingerprint density at radius 3 is 2.39 bits per heavy atom. The van der Waals surface area contributed by atoms with Crippen LogP contribution in [0.1, 0.15) is 16.7 Å². The van der Waals surface area contributed by atoms with Gasteiger partial charge >= 0.3 is 0 Å². The average molecular weight is 638 g/mol. The predicted octanol–water partition coefficient (Wildman–Crippen LogP) is 6.95. The first-order valence-electron chi connectivity index (χ1n) is 10.3. The van der Waals surface area contributed by atoms with Gasteiger partial charge in [0.25, 0.3) is 11.6 Å². The lowest BCUT2D eigenvalue weighted by Crippen LogP contribution is -2.14. The molecule has 0 atom stereocenters. The van der Waals surface area contributed by atoms with Crippen molar-refractivity contribution in [2.45, 2.75) is 13.5 Å². The summed E-state index contributed by atoms with van der Waals surface area (Å²) in [6.45, 7) is 2.35. The molecular formula is C25H18Cl2IN3O5. The van der Waals surface area contributed by atoms with Gasteiger partial charge in [0, 0.05) is 12.1 Å². The minimum Gasteiger partial charge on any atom is -0.493 e. The van der Waals surface area contributed by atoms with Crippen LogP contribution in [0, 0.1) is 31.9 Å². The van der Waals surface area contributed by atoms with Crippen LogP contribution in [0.5, 0.6) is 11.5 Å². The molecule has 0 saturated carbocycles. The van der Waals surface area contributed by atoms with Gasteiger partial charge < -0.3 is 14.8 Å². The highest BCUT2D eigenvalue weighted by Gasteiger charge is 2.19. The van der Waals surface area contributed by atoms with Gasteiger partial charge in [0.15, 0.2) is 11.5 Å². The molecule has 0 fully saturated rings. The SMILES string of the molecule is COc1cc(/C=C(\C#N)C(=O)Nc2c(Cl)cc([N+](=O)[O-])cc2Cl)cc(I)c1OCc1ccc(C)cc1. The van der Waals surface area contributed by atoms with Crippen molar-refractivity contribution in [3.05, 3.63) is 94.5 Å². The highest BCUT2D eigenvalue weighted by atomic mass is 127. The number of anilines is 1. The van der Waals surface area contributed by atoms with Gasteiger partial charge in [0.1, 0.15) is 18.2 Å². The van der Waals surface area contributed by atoms with Gasteiger partial charge in [-0.2, -0.15) is 5.26 Å². The fourth-order valence-corrected chi connectivity index (χ4v) is 4.43. The van der Waals surface area contributed by atoms with E-state index in [9.17, 15) is 20.2 Å². The number of methoxy groups -OCH3 is 1. The van der Waals surface area contributed by atoms with Crippen molar-refractivity contribution in [2.75, 3.05) is 12.4 Å². The lowest BCUT2D eigenvalue weighted by Gasteiger charge is -2.14. The molecule has 0 bridgehead atoms. The third kappa shape index (κ3) is 6.66. The summed E-state index contributed by atoms with van der Waals surface area (Å²) in [6.07, 6.45) is 1.37. The van der Waals surface area contributed by atoms with Gasteiger partial charge in [0.05, 0.1) is 31.3 Å². The topological polar surface area (TPSA) is 114 Å². The second-order valence-corrected chi connectivity index (χ2v) is 9.45. The normalized spacial score (nSPS) is 10.9. The molecule has 3 aromatic rings. The summed E-state index contributed by atoms with van der Waals surface area (Å²) < 4.78 is 12.2. The Morgan fingerprint density at radius 1 is 1.19 bits per heavy atom. The number of carbonyl (C=O) groups excluding carboxylic acids is 1. The number of carbonyl (C=O) groups is 1. The molecule has 0 spiro atoms. The number of amides is 1. The number of rotatable bonds is 8. The number of nitrogens with one attached hydrogen (secondary N) is 1. The van der Waals surface area contributed by atoms with Crippen LogP contribution in [-0.4, -0.2) is 17.9 Å².